The van der Waals surface area contributed by atoms with Crippen LogP contribution in [0.15, 0.2) is 54.6 Å². The summed E-state index contributed by atoms with van der Waals surface area (Å²) in [5, 5.41) is 3.33. The molecule has 0 heterocycles. The van der Waals surface area contributed by atoms with Crippen molar-refractivity contribution >= 4 is 35.0 Å². The molecule has 3 nitrogen and oxygen atoms in total. The largest absolute Gasteiger partial charge is 0.399 e. The molecule has 2 aromatic carbocycles. The highest BCUT2D eigenvalue weighted by atomic mass is 35.5. The second-order valence-electron chi connectivity index (χ2n) is 3.97. The van der Waals surface area contributed by atoms with E-state index >= 15 is 0 Å². The lowest BCUT2D eigenvalue weighted by atomic mass is 10.2. The summed E-state index contributed by atoms with van der Waals surface area (Å²) in [6.07, 6.45) is 3.11. The van der Waals surface area contributed by atoms with Crippen LogP contribution in [0.25, 0.3) is 6.08 Å². The van der Waals surface area contributed by atoms with Gasteiger partial charge in [0.15, 0.2) is 0 Å². The molecule has 0 spiro atoms. The van der Waals surface area contributed by atoms with Crippen molar-refractivity contribution in [1.29, 1.82) is 0 Å². The molecule has 2 rings (SSSR count). The van der Waals surface area contributed by atoms with Crippen LogP contribution in [0.5, 0.6) is 0 Å². The predicted octanol–water partition coefficient (Wildman–Crippen LogP) is 3.57. The van der Waals surface area contributed by atoms with Crippen molar-refractivity contribution in [1.82, 2.24) is 0 Å². The average Bonchev–Trinajstić information content (AvgIpc) is 2.38. The Kier molecular flexibility index (Phi) is 4.21. The number of nitrogens with two attached hydrogens (primary N) is 1. The van der Waals surface area contributed by atoms with Gasteiger partial charge >= 0.3 is 0 Å². The molecule has 0 atom stereocenters. The fraction of sp³-hybridized carbons (Fsp3) is 0. The first kappa shape index (κ1) is 13.2. The Labute approximate surface area is 116 Å². The first-order chi connectivity index (χ1) is 9.15. The Morgan fingerprint density at radius 2 is 1.95 bits per heavy atom. The number of hydrogen-bond donors (Lipinski definition) is 2. The van der Waals surface area contributed by atoms with Gasteiger partial charge in [0.05, 0.1) is 0 Å². The van der Waals surface area contributed by atoms with E-state index in [1.807, 2.05) is 18.2 Å². The number of carbonyl (C=O) groups is 1. The molecule has 0 bridgehead atoms. The average molecular weight is 273 g/mol. The van der Waals surface area contributed by atoms with Crippen LogP contribution < -0.4 is 11.1 Å². The van der Waals surface area contributed by atoms with Gasteiger partial charge in [0.25, 0.3) is 0 Å². The summed E-state index contributed by atoms with van der Waals surface area (Å²) in [5.74, 6) is -0.231. The maximum absolute atomic E-state index is 11.7. The van der Waals surface area contributed by atoms with E-state index in [1.165, 1.54) is 6.08 Å². The smallest absolute Gasteiger partial charge is 0.248 e. The van der Waals surface area contributed by atoms with Crippen molar-refractivity contribution < 1.29 is 4.79 Å². The van der Waals surface area contributed by atoms with Crippen LogP contribution in [0.3, 0.4) is 0 Å². The molecule has 0 saturated carbocycles. The monoisotopic (exact) mass is 272 g/mol. The molecule has 0 aromatic heterocycles. The van der Waals surface area contributed by atoms with E-state index in [1.54, 1.807) is 36.4 Å². The lowest BCUT2D eigenvalue weighted by molar-refractivity contribution is -0.111. The molecule has 4 heteroatoms. The molecule has 0 radical (unpaired) electrons. The van der Waals surface area contributed by atoms with E-state index in [9.17, 15) is 4.79 Å². The van der Waals surface area contributed by atoms with Crippen LogP contribution >= 0.6 is 11.6 Å². The Morgan fingerprint density at radius 1 is 1.16 bits per heavy atom. The predicted molar refractivity (Wildman–Crippen MR) is 80.0 cm³/mol. The second-order valence-corrected chi connectivity index (χ2v) is 4.38. The van der Waals surface area contributed by atoms with E-state index in [4.69, 9.17) is 17.3 Å². The summed E-state index contributed by atoms with van der Waals surface area (Å²) >= 11 is 5.99. The quantitative estimate of drug-likeness (QED) is 0.663. The number of nitrogen functional groups attached to an aromatic ring is 1. The van der Waals surface area contributed by atoms with Crippen molar-refractivity contribution in [2.75, 3.05) is 11.1 Å². The summed E-state index contributed by atoms with van der Waals surface area (Å²) in [7, 11) is 0. The highest BCUT2D eigenvalue weighted by molar-refractivity contribution is 6.32. The van der Waals surface area contributed by atoms with Crippen molar-refractivity contribution in [3.63, 3.8) is 0 Å². The van der Waals surface area contributed by atoms with Crippen LogP contribution in [0, 0.1) is 0 Å². The summed E-state index contributed by atoms with van der Waals surface area (Å²) < 4.78 is 0. The topological polar surface area (TPSA) is 55.1 Å². The zero-order chi connectivity index (χ0) is 13.7. The molecule has 0 saturated heterocycles. The molecule has 2 aromatic rings. The third-order valence-corrected chi connectivity index (χ3v) is 2.82. The molecule has 0 unspecified atom stereocenters. The molecule has 0 aliphatic heterocycles. The Bertz CT molecular complexity index is 623. The molecule has 0 fully saturated rings. The fourth-order valence-corrected chi connectivity index (χ4v) is 1.77. The van der Waals surface area contributed by atoms with Gasteiger partial charge in [0.1, 0.15) is 0 Å². The maximum atomic E-state index is 11.7. The van der Waals surface area contributed by atoms with Crippen LogP contribution in [0.4, 0.5) is 11.4 Å². The van der Waals surface area contributed by atoms with E-state index in [-0.39, 0.29) is 5.91 Å². The summed E-state index contributed by atoms with van der Waals surface area (Å²) in [6.45, 7) is 0. The van der Waals surface area contributed by atoms with E-state index in [2.05, 4.69) is 5.32 Å². The molecule has 0 aliphatic carbocycles. The SMILES string of the molecule is Nc1cccc(NC(=O)C=Cc2ccccc2Cl)c1. The van der Waals surface area contributed by atoms with Crippen LogP contribution in [0.1, 0.15) is 5.56 Å². The van der Waals surface area contributed by atoms with Crippen molar-refractivity contribution in [3.8, 4) is 0 Å². The molecule has 1 amide bonds. The maximum Gasteiger partial charge on any atom is 0.248 e. The first-order valence-corrected chi connectivity index (χ1v) is 6.12. The minimum absolute atomic E-state index is 0.231. The zero-order valence-electron chi connectivity index (χ0n) is 10.1. The standard InChI is InChI=1S/C15H13ClN2O/c16-14-7-2-1-4-11(14)8-9-15(19)18-13-6-3-5-12(17)10-13/h1-10H,17H2,(H,18,19). The minimum Gasteiger partial charge on any atom is -0.399 e. The molecule has 19 heavy (non-hydrogen) atoms. The van der Waals surface area contributed by atoms with Crippen molar-refractivity contribution in [3.05, 3.63) is 65.2 Å². The number of hydrogen-bond acceptors (Lipinski definition) is 2. The highest BCUT2D eigenvalue weighted by Crippen LogP contribution is 2.16. The number of nitrogens with one attached hydrogen (secondary N) is 1. The normalized spacial score (nSPS) is 10.6. The highest BCUT2D eigenvalue weighted by Gasteiger charge is 1.99. The number of benzene rings is 2. The molecule has 3 N–H and O–H groups in total. The summed E-state index contributed by atoms with van der Waals surface area (Å²) in [4.78, 5) is 11.7. The van der Waals surface area contributed by atoms with Gasteiger partial charge in [-0.2, -0.15) is 0 Å². The Morgan fingerprint density at radius 3 is 2.68 bits per heavy atom. The summed E-state index contributed by atoms with van der Waals surface area (Å²) in [5.41, 5.74) is 7.70. The van der Waals surface area contributed by atoms with E-state index in [0.29, 0.717) is 16.4 Å². The fourth-order valence-electron chi connectivity index (χ4n) is 1.58. The Hall–Kier alpha value is -2.26. The molecule has 96 valence electrons. The number of anilines is 2. The number of rotatable bonds is 3. The van der Waals surface area contributed by atoms with Crippen LogP contribution in [-0.2, 0) is 4.79 Å². The van der Waals surface area contributed by atoms with Crippen molar-refractivity contribution in [2.24, 2.45) is 0 Å². The molecular formula is C15H13ClN2O. The summed E-state index contributed by atoms with van der Waals surface area (Å²) in [6, 6.07) is 14.3. The van der Waals surface area contributed by atoms with Gasteiger partial charge in [0.2, 0.25) is 5.91 Å². The number of amides is 1. The Balaban J connectivity index is 2.04. The van der Waals surface area contributed by atoms with Gasteiger partial charge in [-0.3, -0.25) is 4.79 Å². The third kappa shape index (κ3) is 3.86. The number of halogens is 1. The van der Waals surface area contributed by atoms with E-state index < -0.39 is 0 Å². The van der Waals surface area contributed by atoms with Gasteiger partial charge in [-0.05, 0) is 35.9 Å². The second kappa shape index (κ2) is 6.07. The van der Waals surface area contributed by atoms with E-state index in [0.717, 1.165) is 5.56 Å². The van der Waals surface area contributed by atoms with Crippen molar-refractivity contribution in [2.45, 2.75) is 0 Å². The van der Waals surface area contributed by atoms with Gasteiger partial charge in [-0.25, -0.2) is 0 Å². The zero-order valence-corrected chi connectivity index (χ0v) is 10.9. The van der Waals surface area contributed by atoms with Gasteiger partial charge < -0.3 is 11.1 Å². The lowest BCUT2D eigenvalue weighted by Gasteiger charge is -2.02. The van der Waals surface area contributed by atoms with Crippen LogP contribution in [0.2, 0.25) is 5.02 Å². The van der Waals surface area contributed by atoms with Gasteiger partial charge in [0, 0.05) is 22.5 Å². The molecule has 0 aliphatic rings. The third-order valence-electron chi connectivity index (χ3n) is 2.47. The minimum atomic E-state index is -0.231. The number of carbonyl (C=O) groups excluding carboxylic acids is 1. The van der Waals surface area contributed by atoms with Gasteiger partial charge in [-0.15, -0.1) is 0 Å². The van der Waals surface area contributed by atoms with Crippen LogP contribution in [-0.4, -0.2) is 5.91 Å². The van der Waals surface area contributed by atoms with Gasteiger partial charge in [-0.1, -0.05) is 35.9 Å². The lowest BCUT2D eigenvalue weighted by Crippen LogP contribution is -2.07. The first-order valence-electron chi connectivity index (χ1n) is 5.74. The molecular weight excluding hydrogens is 260 g/mol.